The second-order valence-corrected chi connectivity index (χ2v) is 7.83. The first-order valence-electron chi connectivity index (χ1n) is 9.61. The molecule has 27 heavy (non-hydrogen) atoms. The lowest BCUT2D eigenvalue weighted by Gasteiger charge is -2.33. The van der Waals surface area contributed by atoms with Crippen molar-refractivity contribution < 1.29 is 9.32 Å². The minimum absolute atomic E-state index is 0.191. The summed E-state index contributed by atoms with van der Waals surface area (Å²) in [6, 6.07) is 10.1. The molecule has 0 unspecified atom stereocenters. The molecule has 4 rings (SSSR count). The van der Waals surface area contributed by atoms with Gasteiger partial charge in [0.05, 0.1) is 6.54 Å². The van der Waals surface area contributed by atoms with Gasteiger partial charge >= 0.3 is 0 Å². The van der Waals surface area contributed by atoms with E-state index < -0.39 is 0 Å². The Morgan fingerprint density at radius 2 is 1.85 bits per heavy atom. The van der Waals surface area contributed by atoms with Gasteiger partial charge in [0, 0.05) is 61.8 Å². The molecule has 0 atom stereocenters. The molecule has 7 heteroatoms. The Labute approximate surface area is 164 Å². The van der Waals surface area contributed by atoms with Crippen molar-refractivity contribution in [3.05, 3.63) is 41.1 Å². The molecule has 0 spiro atoms. The molecule has 2 fully saturated rings. The Kier molecular flexibility index (Phi) is 5.76. The molecule has 6 nitrogen and oxygen atoms in total. The molecule has 2 aliphatic rings. The number of hydrogen-bond acceptors (Lipinski definition) is 5. The number of carbonyl (C=O) groups excluding carboxylic acids is 1. The minimum atomic E-state index is 0.191. The van der Waals surface area contributed by atoms with Gasteiger partial charge in [0.1, 0.15) is 5.69 Å². The van der Waals surface area contributed by atoms with Gasteiger partial charge in [-0.05, 0) is 25.0 Å². The predicted molar refractivity (Wildman–Crippen MR) is 104 cm³/mol. The van der Waals surface area contributed by atoms with Crippen LogP contribution in [0.25, 0.3) is 11.3 Å². The van der Waals surface area contributed by atoms with E-state index in [9.17, 15) is 4.79 Å². The SMILES string of the molecule is O=C(CCN1CCN(Cc2cc(-c3ccc(Cl)cc3)no2)CC1)NC1CC1. The average molecular weight is 389 g/mol. The molecule has 1 aliphatic heterocycles. The maximum absolute atomic E-state index is 11.8. The molecule has 0 radical (unpaired) electrons. The summed E-state index contributed by atoms with van der Waals surface area (Å²) in [5.74, 6) is 1.06. The highest BCUT2D eigenvalue weighted by Gasteiger charge is 2.24. The number of aromatic nitrogens is 1. The molecule has 144 valence electrons. The Balaban J connectivity index is 1.21. The van der Waals surface area contributed by atoms with E-state index in [1.807, 2.05) is 30.3 Å². The summed E-state index contributed by atoms with van der Waals surface area (Å²) in [5, 5.41) is 7.94. The first kappa shape index (κ1) is 18.5. The van der Waals surface area contributed by atoms with Crippen LogP contribution in [0.4, 0.5) is 0 Å². The van der Waals surface area contributed by atoms with Crippen molar-refractivity contribution in [2.45, 2.75) is 31.8 Å². The summed E-state index contributed by atoms with van der Waals surface area (Å²) in [5.41, 5.74) is 1.84. The van der Waals surface area contributed by atoms with Crippen LogP contribution in [0.5, 0.6) is 0 Å². The third-order valence-corrected chi connectivity index (χ3v) is 5.39. The molecule has 1 aliphatic carbocycles. The highest BCUT2D eigenvalue weighted by molar-refractivity contribution is 6.30. The largest absolute Gasteiger partial charge is 0.359 e. The fourth-order valence-electron chi connectivity index (χ4n) is 3.32. The third-order valence-electron chi connectivity index (χ3n) is 5.14. The van der Waals surface area contributed by atoms with Crippen LogP contribution in [0.15, 0.2) is 34.9 Å². The fraction of sp³-hybridized carbons (Fsp3) is 0.500. The van der Waals surface area contributed by atoms with Gasteiger partial charge in [-0.1, -0.05) is 28.9 Å². The molecule has 1 saturated heterocycles. The van der Waals surface area contributed by atoms with Crippen molar-refractivity contribution in [3.63, 3.8) is 0 Å². The normalized spacial score (nSPS) is 18.6. The van der Waals surface area contributed by atoms with E-state index >= 15 is 0 Å². The van der Waals surface area contributed by atoms with Gasteiger partial charge in [-0.2, -0.15) is 0 Å². The highest BCUT2D eigenvalue weighted by atomic mass is 35.5. The summed E-state index contributed by atoms with van der Waals surface area (Å²) >= 11 is 5.93. The fourth-order valence-corrected chi connectivity index (χ4v) is 3.45. The van der Waals surface area contributed by atoms with Gasteiger partial charge in [0.2, 0.25) is 5.91 Å². The van der Waals surface area contributed by atoms with E-state index in [-0.39, 0.29) is 5.91 Å². The van der Waals surface area contributed by atoms with Crippen molar-refractivity contribution >= 4 is 17.5 Å². The van der Waals surface area contributed by atoms with Crippen molar-refractivity contribution in [3.8, 4) is 11.3 Å². The van der Waals surface area contributed by atoms with Crippen molar-refractivity contribution in [1.29, 1.82) is 0 Å². The molecule has 1 saturated carbocycles. The van der Waals surface area contributed by atoms with Gasteiger partial charge in [-0.25, -0.2) is 0 Å². The highest BCUT2D eigenvalue weighted by Crippen LogP contribution is 2.22. The van der Waals surface area contributed by atoms with Crippen LogP contribution < -0.4 is 5.32 Å². The standard InChI is InChI=1S/C20H25ClN4O2/c21-16-3-1-15(2-4-16)19-13-18(27-23-19)14-25-11-9-24(10-12-25)8-7-20(26)22-17-5-6-17/h1-4,13,17H,5-12,14H2,(H,22,26). The van der Waals surface area contributed by atoms with Crippen LogP contribution in [0.1, 0.15) is 25.0 Å². The second-order valence-electron chi connectivity index (χ2n) is 7.39. The van der Waals surface area contributed by atoms with Crippen LogP contribution in [-0.2, 0) is 11.3 Å². The number of carbonyl (C=O) groups is 1. The second kappa shape index (κ2) is 8.42. The Morgan fingerprint density at radius 3 is 2.56 bits per heavy atom. The van der Waals surface area contributed by atoms with Crippen molar-refractivity contribution in [1.82, 2.24) is 20.3 Å². The monoisotopic (exact) mass is 388 g/mol. The smallest absolute Gasteiger partial charge is 0.221 e. The van der Waals surface area contributed by atoms with E-state index in [0.717, 1.165) is 69.1 Å². The number of nitrogens with one attached hydrogen (secondary N) is 1. The lowest BCUT2D eigenvalue weighted by molar-refractivity contribution is -0.121. The molecule has 0 bridgehead atoms. The Bertz CT molecular complexity index is 765. The zero-order chi connectivity index (χ0) is 18.6. The van der Waals surface area contributed by atoms with Gasteiger partial charge in [-0.15, -0.1) is 0 Å². The summed E-state index contributed by atoms with van der Waals surface area (Å²) in [4.78, 5) is 16.5. The molecule has 1 aromatic carbocycles. The first-order valence-corrected chi connectivity index (χ1v) is 9.99. The number of amides is 1. The minimum Gasteiger partial charge on any atom is -0.359 e. The Hall–Kier alpha value is -1.89. The third kappa shape index (κ3) is 5.31. The van der Waals surface area contributed by atoms with Crippen LogP contribution in [0.3, 0.4) is 0 Å². The van der Waals surface area contributed by atoms with E-state index in [0.29, 0.717) is 17.5 Å². The van der Waals surface area contributed by atoms with Crippen molar-refractivity contribution in [2.75, 3.05) is 32.7 Å². The van der Waals surface area contributed by atoms with Crippen LogP contribution >= 0.6 is 11.6 Å². The van der Waals surface area contributed by atoms with Crippen LogP contribution in [0.2, 0.25) is 5.02 Å². The summed E-state index contributed by atoms with van der Waals surface area (Å²) in [6.45, 7) is 5.51. The zero-order valence-electron chi connectivity index (χ0n) is 15.4. The number of nitrogens with zero attached hydrogens (tertiary/aromatic N) is 3. The molecule has 1 aromatic heterocycles. The van der Waals surface area contributed by atoms with E-state index in [1.54, 1.807) is 0 Å². The topological polar surface area (TPSA) is 61.6 Å². The van der Waals surface area contributed by atoms with E-state index in [1.165, 1.54) is 0 Å². The summed E-state index contributed by atoms with van der Waals surface area (Å²) in [7, 11) is 0. The summed E-state index contributed by atoms with van der Waals surface area (Å²) in [6.07, 6.45) is 2.89. The molecular weight excluding hydrogens is 364 g/mol. The predicted octanol–water partition coefficient (Wildman–Crippen LogP) is 2.78. The number of halogens is 1. The zero-order valence-corrected chi connectivity index (χ0v) is 16.1. The molecule has 2 aromatic rings. The number of rotatable bonds is 7. The van der Waals surface area contributed by atoms with E-state index in [4.69, 9.17) is 16.1 Å². The number of benzene rings is 1. The molecule has 1 amide bonds. The van der Waals surface area contributed by atoms with Gasteiger partial charge < -0.3 is 14.7 Å². The van der Waals surface area contributed by atoms with Gasteiger partial charge in [0.15, 0.2) is 5.76 Å². The first-order chi connectivity index (χ1) is 13.2. The lowest BCUT2D eigenvalue weighted by Crippen LogP contribution is -2.46. The van der Waals surface area contributed by atoms with E-state index in [2.05, 4.69) is 20.3 Å². The quantitative estimate of drug-likeness (QED) is 0.790. The average Bonchev–Trinajstić information content (AvgIpc) is 3.37. The number of piperazine rings is 1. The number of hydrogen-bond donors (Lipinski definition) is 1. The van der Waals surface area contributed by atoms with Crippen LogP contribution in [-0.4, -0.2) is 59.6 Å². The molecular formula is C20H25ClN4O2. The van der Waals surface area contributed by atoms with Crippen molar-refractivity contribution in [2.24, 2.45) is 0 Å². The van der Waals surface area contributed by atoms with Gasteiger partial charge in [-0.3, -0.25) is 9.69 Å². The van der Waals surface area contributed by atoms with Gasteiger partial charge in [0.25, 0.3) is 0 Å². The maximum Gasteiger partial charge on any atom is 0.221 e. The maximum atomic E-state index is 11.8. The lowest BCUT2D eigenvalue weighted by atomic mass is 10.1. The summed E-state index contributed by atoms with van der Waals surface area (Å²) < 4.78 is 5.51. The molecule has 2 heterocycles. The van der Waals surface area contributed by atoms with Crippen LogP contribution in [0, 0.1) is 0 Å². The Morgan fingerprint density at radius 1 is 1.15 bits per heavy atom. The molecule has 1 N–H and O–H groups in total.